The number of hydrogen-bond donors (Lipinski definition) is 2. The summed E-state index contributed by atoms with van der Waals surface area (Å²) in [5.74, 6) is 5.32. The third-order valence-electron chi connectivity index (χ3n) is 3.27. The van der Waals surface area contributed by atoms with E-state index in [0.29, 0.717) is 5.69 Å². The summed E-state index contributed by atoms with van der Waals surface area (Å²) < 4.78 is 0. The molecule has 0 unspecified atom stereocenters. The maximum absolute atomic E-state index is 10.8. The fraction of sp³-hybridized carbons (Fsp3) is 0.500. The van der Waals surface area contributed by atoms with Crippen LogP contribution in [0.25, 0.3) is 0 Å². The number of hydrogen-bond acceptors (Lipinski definition) is 5. The normalized spacial score (nSPS) is 16.5. The summed E-state index contributed by atoms with van der Waals surface area (Å²) in [5.41, 5.74) is 3.83. The predicted octanol–water partition coefficient (Wildman–Crippen LogP) is 1.87. The van der Waals surface area contributed by atoms with Gasteiger partial charge in [-0.2, -0.15) is 0 Å². The van der Waals surface area contributed by atoms with Crippen molar-refractivity contribution < 1.29 is 4.92 Å². The zero-order chi connectivity index (χ0) is 13.0. The van der Waals surface area contributed by atoms with E-state index in [-0.39, 0.29) is 5.69 Å². The molecule has 0 aliphatic carbocycles. The lowest BCUT2D eigenvalue weighted by atomic mass is 10.1. The third-order valence-corrected chi connectivity index (χ3v) is 3.27. The van der Waals surface area contributed by atoms with Crippen LogP contribution in [0.5, 0.6) is 0 Å². The van der Waals surface area contributed by atoms with Crippen molar-refractivity contribution in [3.05, 3.63) is 33.9 Å². The van der Waals surface area contributed by atoms with Crippen LogP contribution in [0.2, 0.25) is 0 Å². The van der Waals surface area contributed by atoms with Crippen LogP contribution < -0.4 is 11.3 Å². The summed E-state index contributed by atoms with van der Waals surface area (Å²) in [6.07, 6.45) is 3.76. The second-order valence-electron chi connectivity index (χ2n) is 4.59. The number of piperidine rings is 1. The second kappa shape index (κ2) is 5.79. The van der Waals surface area contributed by atoms with E-state index < -0.39 is 4.92 Å². The highest BCUT2D eigenvalue weighted by Gasteiger charge is 2.15. The Hall–Kier alpha value is -1.66. The van der Waals surface area contributed by atoms with Crippen molar-refractivity contribution in [3.8, 4) is 0 Å². The van der Waals surface area contributed by atoms with Crippen molar-refractivity contribution in [2.24, 2.45) is 5.84 Å². The molecule has 0 saturated carbocycles. The lowest BCUT2D eigenvalue weighted by Gasteiger charge is -2.26. The SMILES string of the molecule is NNc1cc(CN2CCCCC2)ccc1[N+](=O)[O-]. The van der Waals surface area contributed by atoms with E-state index in [1.54, 1.807) is 12.1 Å². The van der Waals surface area contributed by atoms with Gasteiger partial charge in [-0.3, -0.25) is 20.9 Å². The Labute approximate surface area is 106 Å². The van der Waals surface area contributed by atoms with Crippen LogP contribution in [0.15, 0.2) is 18.2 Å². The molecule has 0 radical (unpaired) electrons. The Kier molecular flexibility index (Phi) is 4.11. The average molecular weight is 250 g/mol. The number of benzene rings is 1. The summed E-state index contributed by atoms with van der Waals surface area (Å²) in [5, 5.41) is 10.8. The van der Waals surface area contributed by atoms with Gasteiger partial charge in [0.15, 0.2) is 0 Å². The molecule has 0 atom stereocenters. The van der Waals surface area contributed by atoms with Gasteiger partial charge in [0.2, 0.25) is 0 Å². The summed E-state index contributed by atoms with van der Waals surface area (Å²) in [4.78, 5) is 12.7. The van der Waals surface area contributed by atoms with Gasteiger partial charge in [0.05, 0.1) is 4.92 Å². The van der Waals surface area contributed by atoms with Gasteiger partial charge >= 0.3 is 0 Å². The number of nitrogen functional groups attached to an aromatic ring is 1. The Bertz CT molecular complexity index is 430. The van der Waals surface area contributed by atoms with Crippen LogP contribution in [0.3, 0.4) is 0 Å². The molecule has 6 heteroatoms. The number of nitrogens with zero attached hydrogens (tertiary/aromatic N) is 2. The van der Waals surface area contributed by atoms with Crippen molar-refractivity contribution in [2.75, 3.05) is 18.5 Å². The third kappa shape index (κ3) is 2.96. The maximum atomic E-state index is 10.8. The second-order valence-corrected chi connectivity index (χ2v) is 4.59. The molecule has 0 bridgehead atoms. The number of nitro benzene ring substituents is 1. The van der Waals surface area contributed by atoms with Gasteiger partial charge in [0, 0.05) is 12.6 Å². The molecule has 1 aromatic rings. The number of anilines is 1. The van der Waals surface area contributed by atoms with Crippen molar-refractivity contribution in [3.63, 3.8) is 0 Å². The largest absolute Gasteiger partial charge is 0.318 e. The topological polar surface area (TPSA) is 84.4 Å². The Morgan fingerprint density at radius 2 is 2.06 bits per heavy atom. The number of nitrogens with two attached hydrogens (primary N) is 1. The van der Waals surface area contributed by atoms with Gasteiger partial charge in [0.1, 0.15) is 5.69 Å². The van der Waals surface area contributed by atoms with Crippen LogP contribution in [-0.4, -0.2) is 22.9 Å². The van der Waals surface area contributed by atoms with E-state index in [1.807, 2.05) is 0 Å². The van der Waals surface area contributed by atoms with Crippen LogP contribution in [0, 0.1) is 10.1 Å². The summed E-state index contributed by atoms with van der Waals surface area (Å²) in [6.45, 7) is 3.03. The molecule has 1 aliphatic rings. The molecule has 1 aromatic carbocycles. The predicted molar refractivity (Wildman–Crippen MR) is 70.0 cm³/mol. The van der Waals surface area contributed by atoms with Gasteiger partial charge in [-0.15, -0.1) is 0 Å². The number of nitro groups is 1. The number of likely N-dealkylation sites (tertiary alicyclic amines) is 1. The molecule has 3 N–H and O–H groups in total. The molecule has 98 valence electrons. The van der Waals surface area contributed by atoms with E-state index in [0.717, 1.165) is 25.2 Å². The highest BCUT2D eigenvalue weighted by Crippen LogP contribution is 2.25. The minimum atomic E-state index is -0.431. The van der Waals surface area contributed by atoms with E-state index in [9.17, 15) is 10.1 Å². The van der Waals surface area contributed by atoms with Crippen LogP contribution >= 0.6 is 0 Å². The molecule has 6 nitrogen and oxygen atoms in total. The summed E-state index contributed by atoms with van der Waals surface area (Å²) in [6, 6.07) is 5.06. The fourth-order valence-corrected chi connectivity index (χ4v) is 2.33. The molecule has 1 fully saturated rings. The maximum Gasteiger partial charge on any atom is 0.293 e. The number of nitrogens with one attached hydrogen (secondary N) is 1. The van der Waals surface area contributed by atoms with Gasteiger partial charge in [-0.05, 0) is 37.6 Å². The Balaban J connectivity index is 2.11. The molecule has 0 aromatic heterocycles. The van der Waals surface area contributed by atoms with Crippen molar-refractivity contribution >= 4 is 11.4 Å². The first kappa shape index (κ1) is 12.8. The molecule has 1 aliphatic heterocycles. The summed E-state index contributed by atoms with van der Waals surface area (Å²) in [7, 11) is 0. The van der Waals surface area contributed by atoms with Crippen LogP contribution in [-0.2, 0) is 6.54 Å². The standard InChI is InChI=1S/C12H18N4O2/c13-14-11-8-10(4-5-12(11)16(17)18)9-15-6-2-1-3-7-15/h4-5,8,14H,1-3,6-7,9,13H2. The molecule has 18 heavy (non-hydrogen) atoms. The monoisotopic (exact) mass is 250 g/mol. The van der Waals surface area contributed by atoms with Crippen LogP contribution in [0.4, 0.5) is 11.4 Å². The van der Waals surface area contributed by atoms with Crippen LogP contribution in [0.1, 0.15) is 24.8 Å². The minimum Gasteiger partial charge on any atom is -0.318 e. The summed E-state index contributed by atoms with van der Waals surface area (Å²) >= 11 is 0. The van der Waals surface area contributed by atoms with Gasteiger partial charge in [0.25, 0.3) is 5.69 Å². The minimum absolute atomic E-state index is 0.0138. The quantitative estimate of drug-likeness (QED) is 0.484. The first-order valence-corrected chi connectivity index (χ1v) is 6.17. The van der Waals surface area contributed by atoms with Gasteiger partial charge < -0.3 is 5.43 Å². The highest BCUT2D eigenvalue weighted by atomic mass is 16.6. The smallest absolute Gasteiger partial charge is 0.293 e. The van der Waals surface area contributed by atoms with Gasteiger partial charge in [-0.25, -0.2) is 0 Å². The lowest BCUT2D eigenvalue weighted by molar-refractivity contribution is -0.384. The zero-order valence-corrected chi connectivity index (χ0v) is 10.3. The van der Waals surface area contributed by atoms with E-state index in [2.05, 4.69) is 10.3 Å². The molecular formula is C12H18N4O2. The number of hydrazine groups is 1. The van der Waals surface area contributed by atoms with Crippen molar-refractivity contribution in [2.45, 2.75) is 25.8 Å². The number of rotatable bonds is 4. The zero-order valence-electron chi connectivity index (χ0n) is 10.3. The molecule has 0 amide bonds. The molecule has 0 spiro atoms. The fourth-order valence-electron chi connectivity index (χ4n) is 2.33. The first-order valence-electron chi connectivity index (χ1n) is 6.17. The Morgan fingerprint density at radius 3 is 2.67 bits per heavy atom. The molecule has 1 heterocycles. The van der Waals surface area contributed by atoms with E-state index in [1.165, 1.54) is 25.3 Å². The Morgan fingerprint density at radius 1 is 1.33 bits per heavy atom. The van der Waals surface area contributed by atoms with Crippen molar-refractivity contribution in [1.29, 1.82) is 0 Å². The van der Waals surface area contributed by atoms with Gasteiger partial charge in [-0.1, -0.05) is 12.5 Å². The highest BCUT2D eigenvalue weighted by molar-refractivity contribution is 5.62. The first-order chi connectivity index (χ1) is 8.70. The lowest BCUT2D eigenvalue weighted by Crippen LogP contribution is -2.29. The molecule has 2 rings (SSSR count). The van der Waals surface area contributed by atoms with Crippen molar-refractivity contribution in [1.82, 2.24) is 4.90 Å². The molecule has 1 saturated heterocycles. The average Bonchev–Trinajstić information content (AvgIpc) is 2.39. The molecular weight excluding hydrogens is 232 g/mol. The van der Waals surface area contributed by atoms with E-state index >= 15 is 0 Å². The van der Waals surface area contributed by atoms with E-state index in [4.69, 9.17) is 5.84 Å².